The molecule has 0 nitrogen and oxygen atoms in total. The molecule has 0 atom stereocenters. The Kier molecular flexibility index (Phi) is 23.4. The lowest BCUT2D eigenvalue weighted by molar-refractivity contribution is 0.718. The van der Waals surface area contributed by atoms with Gasteiger partial charge in [-0.2, -0.15) is 0 Å². The second kappa shape index (κ2) is 37.4. The van der Waals surface area contributed by atoms with Crippen LogP contribution in [0.2, 0.25) is 0 Å². The van der Waals surface area contributed by atoms with E-state index < -0.39 is 0 Å². The van der Waals surface area contributed by atoms with Gasteiger partial charge in [-0.1, -0.05) is 301 Å². The first-order valence-electron chi connectivity index (χ1n) is 49.9. The second-order valence-corrected chi connectivity index (χ2v) is 45.1. The largest absolute Gasteiger partial charge is 0.135 e. The third-order valence-electron chi connectivity index (χ3n) is 29.0. The topological polar surface area (TPSA) is 0 Å². The Morgan fingerprint density at radius 3 is 0.560 bits per heavy atom. The number of rotatable bonds is 9. The number of benzene rings is 24. The van der Waals surface area contributed by atoms with E-state index in [1.807, 2.05) is 68.0 Å². The van der Waals surface area contributed by atoms with Crippen LogP contribution in [0.5, 0.6) is 0 Å². The number of unbranched alkanes of at least 4 members (excludes halogenated alkanes) is 3. The van der Waals surface area contributed by atoms with E-state index in [1.165, 1.54) is 335 Å². The van der Waals surface area contributed by atoms with Gasteiger partial charge in [-0.05, 0) is 361 Å². The second-order valence-electron chi connectivity index (χ2n) is 38.6. The fourth-order valence-electron chi connectivity index (χ4n) is 21.9. The summed E-state index contributed by atoms with van der Waals surface area (Å²) < 4.78 is 16.7. The van der Waals surface area contributed by atoms with Crippen LogP contribution in [0.25, 0.3) is 250 Å². The summed E-state index contributed by atoms with van der Waals surface area (Å²) in [7, 11) is 0. The summed E-state index contributed by atoms with van der Waals surface area (Å²) >= 11 is 11.5. The highest BCUT2D eigenvalue weighted by Crippen LogP contribution is 2.48. The molecule has 6 heteroatoms. The van der Waals surface area contributed by atoms with Crippen LogP contribution in [0.1, 0.15) is 92.7 Å². The van der Waals surface area contributed by atoms with Crippen molar-refractivity contribution in [1.82, 2.24) is 0 Å². The van der Waals surface area contributed by atoms with Gasteiger partial charge in [0.05, 0.1) is 0 Å². The van der Waals surface area contributed by atoms with Crippen LogP contribution in [0.4, 0.5) is 0 Å². The van der Waals surface area contributed by atoms with Gasteiger partial charge < -0.3 is 0 Å². The third-order valence-corrected chi connectivity index (χ3v) is 35.7. The number of aryl methyl sites for hydroxylation is 6. The maximum atomic E-state index is 2.42. The molecule has 0 aliphatic carbocycles. The van der Waals surface area contributed by atoms with Crippen molar-refractivity contribution in [2.75, 3.05) is 0 Å². The van der Waals surface area contributed by atoms with Crippen molar-refractivity contribution in [3.63, 3.8) is 0 Å². The zero-order chi connectivity index (χ0) is 94.5. The van der Waals surface area contributed by atoms with E-state index in [2.05, 4.69) is 442 Å². The molecule has 0 fully saturated rings. The molecule has 0 unspecified atom stereocenters. The summed E-state index contributed by atoms with van der Waals surface area (Å²) in [6.07, 6.45) is 11.2. The molecule has 6 aromatic heterocycles. The zero-order valence-electron chi connectivity index (χ0n) is 79.9. The molecule has 0 aliphatic heterocycles. The van der Waals surface area contributed by atoms with Crippen molar-refractivity contribution < 1.29 is 0 Å². The smallest absolute Gasteiger partial charge is 0.0361 e. The van der Waals surface area contributed by atoms with Crippen LogP contribution < -0.4 is 0 Å². The van der Waals surface area contributed by atoms with Crippen LogP contribution >= 0.6 is 68.0 Å². The molecule has 0 aliphatic rings. The van der Waals surface area contributed by atoms with Gasteiger partial charge in [-0.15, -0.1) is 68.0 Å². The maximum absolute atomic E-state index is 2.42. The van der Waals surface area contributed by atoms with Gasteiger partial charge in [0.25, 0.3) is 0 Å². The highest BCUT2D eigenvalue weighted by molar-refractivity contribution is 7.28. The summed E-state index contributed by atoms with van der Waals surface area (Å²) in [6.45, 7) is 13.3. The van der Waals surface area contributed by atoms with E-state index in [9.17, 15) is 0 Å². The molecule has 141 heavy (non-hydrogen) atoms. The summed E-state index contributed by atoms with van der Waals surface area (Å²) in [6, 6.07) is 149. The average molecular weight is 1920 g/mol. The summed E-state index contributed by atoms with van der Waals surface area (Å²) in [4.78, 5) is 0. The molecule has 0 amide bonds. The summed E-state index contributed by atoms with van der Waals surface area (Å²) in [5, 5.41) is 48.8. The Morgan fingerprint density at radius 1 is 0.142 bits per heavy atom. The molecule has 0 spiro atoms. The van der Waals surface area contributed by atoms with Crippen LogP contribution in [0.15, 0.2) is 400 Å². The van der Waals surface area contributed by atoms with Gasteiger partial charge in [0.2, 0.25) is 0 Å². The molecule has 0 N–H and O–H groups in total. The third kappa shape index (κ3) is 16.7. The molecule has 0 saturated carbocycles. The van der Waals surface area contributed by atoms with Gasteiger partial charge >= 0.3 is 0 Å². The molecule has 30 aromatic rings. The Hall–Kier alpha value is -14.3. The van der Waals surface area contributed by atoms with Crippen LogP contribution in [0, 0.1) is 20.8 Å². The Bertz CT molecular complexity index is 9770. The summed E-state index contributed by atoms with van der Waals surface area (Å²) in [5.74, 6) is 0. The van der Waals surface area contributed by atoms with E-state index in [-0.39, 0.29) is 0 Å². The minimum atomic E-state index is 1.16. The van der Waals surface area contributed by atoms with Gasteiger partial charge in [-0.3, -0.25) is 0 Å². The fraction of sp³-hybridized carbons (Fsp3) is 0.111. The van der Waals surface area contributed by atoms with Crippen molar-refractivity contribution in [3.8, 4) is 0 Å². The normalized spacial score (nSPS) is 11.9. The first-order valence-corrected chi connectivity index (χ1v) is 54.8. The molecule has 6 heterocycles. The van der Waals surface area contributed by atoms with E-state index in [0.29, 0.717) is 0 Å². The predicted octanol–water partition coefficient (Wildman–Crippen LogP) is 43.1. The van der Waals surface area contributed by atoms with E-state index in [0.717, 1.165) is 6.42 Å². The lowest BCUT2D eigenvalue weighted by Gasteiger charge is -2.05. The Balaban J connectivity index is 0.0000000892. The quantitative estimate of drug-likeness (QED) is 0.0998. The molecule has 24 aromatic carbocycles. The highest BCUT2D eigenvalue weighted by atomic mass is 32.1. The SMILES string of the molecule is CCCCCc1ccc2c(c1)sc1ccc3cc4ccccc4cc3c12.CCCCc1ccc2c(c1)sc1ccc3cc4ccccc4cc3c12.CCCc1ccc2c(c1)sc1ccc3cc4ccccc4cc3c12.Cc1ccc2c(c1)sc1ccc3cc4ccccc4cc3c12.Cc1ccc2c(c1)sc1ccc3cc4ccccc4cc3c12.Cc1ccc2c(c1)sc1ccc3cc4ccccc4cc3c12. The van der Waals surface area contributed by atoms with E-state index in [4.69, 9.17) is 0 Å². The van der Waals surface area contributed by atoms with Crippen LogP contribution in [0.3, 0.4) is 0 Å². The first kappa shape index (κ1) is 88.2. The van der Waals surface area contributed by atoms with E-state index >= 15 is 0 Å². The number of thiophene rings is 6. The van der Waals surface area contributed by atoms with Gasteiger partial charge in [-0.25, -0.2) is 0 Å². The number of fused-ring (bicyclic) bond motifs is 36. The minimum absolute atomic E-state index is 1.16. The molecule has 0 saturated heterocycles. The van der Waals surface area contributed by atoms with Crippen LogP contribution in [-0.2, 0) is 19.3 Å². The molecule has 0 bridgehead atoms. The van der Waals surface area contributed by atoms with Gasteiger partial charge in [0.1, 0.15) is 0 Å². The number of hydrogen-bond acceptors (Lipinski definition) is 6. The lowest BCUT2D eigenvalue weighted by Crippen LogP contribution is -1.84. The number of hydrogen-bond donors (Lipinski definition) is 0. The maximum Gasteiger partial charge on any atom is 0.0361 e. The molecule has 0 radical (unpaired) electrons. The monoisotopic (exact) mass is 1910 g/mol. The van der Waals surface area contributed by atoms with Gasteiger partial charge in [0.15, 0.2) is 0 Å². The molecular weight excluding hydrogens is 1810 g/mol. The first-order chi connectivity index (χ1) is 69.4. The Morgan fingerprint density at radius 2 is 0.340 bits per heavy atom. The minimum Gasteiger partial charge on any atom is -0.135 e. The molecular formula is C135H102S6. The van der Waals surface area contributed by atoms with Crippen molar-refractivity contribution >= 4 is 318 Å². The van der Waals surface area contributed by atoms with Crippen molar-refractivity contribution in [2.45, 2.75) is 99.3 Å². The zero-order valence-corrected chi connectivity index (χ0v) is 84.8. The van der Waals surface area contributed by atoms with Crippen molar-refractivity contribution in [1.29, 1.82) is 0 Å². The standard InChI is InChI=1S/C25H22S.C24H20S.C23H18S.3C21H14S/c1-2-3-4-7-17-10-12-21-24(14-17)26-23-13-11-20-15-18-8-5-6-9-19(18)16-22(20)25(21)23;1-2-3-6-16-9-11-20-23(13-16)25-22-12-10-19-14-17-7-4-5-8-18(17)15-21(19)24(20)22;1-2-5-15-8-10-19-22(12-15)24-21-11-9-18-13-16-6-3-4-7-17(16)14-20(18)23(19)21;3*1-13-6-8-17-20(10-13)22-19-9-7-16-11-14-4-2-3-5-15(14)12-18(16)21(17)19/h5-6,8-16H,2-4,7H2,1H3;4-5,7-15H,2-3,6H2,1H3;3-4,6-14H,2,5H2,1H3;3*2-12H,1H3. The van der Waals surface area contributed by atoms with Crippen LogP contribution in [-0.4, -0.2) is 0 Å². The predicted molar refractivity (Wildman–Crippen MR) is 636 cm³/mol. The Labute approximate surface area is 843 Å². The van der Waals surface area contributed by atoms with E-state index in [1.54, 1.807) is 0 Å². The van der Waals surface area contributed by atoms with Gasteiger partial charge in [0, 0.05) is 121 Å². The lowest BCUT2D eigenvalue weighted by atomic mass is 9.99. The van der Waals surface area contributed by atoms with Crippen molar-refractivity contribution in [3.05, 3.63) is 434 Å². The highest BCUT2D eigenvalue weighted by Gasteiger charge is 2.19. The fourth-order valence-corrected chi connectivity index (χ4v) is 29.1. The summed E-state index contributed by atoms with van der Waals surface area (Å²) in [5.41, 5.74) is 8.38. The van der Waals surface area contributed by atoms with Crippen molar-refractivity contribution in [2.24, 2.45) is 0 Å². The average Bonchev–Trinajstić information content (AvgIpc) is 1.64. The molecule has 678 valence electrons. The molecule has 30 rings (SSSR count).